The standard InChI is InChI=1S/C15H21FN2O3S/c1-11(19)13-4-3-12(9-14(13)16)22-10-15(20)18-6-5-17-7-8-21-2/h3-4,9,17H,5-8,10H2,1-2H3,(H,18,20). The monoisotopic (exact) mass is 328 g/mol. The molecule has 1 aromatic carbocycles. The zero-order chi connectivity index (χ0) is 16.4. The molecule has 0 atom stereocenters. The van der Waals surface area contributed by atoms with Crippen LogP contribution in [0.2, 0.25) is 0 Å². The maximum atomic E-state index is 13.6. The predicted molar refractivity (Wildman–Crippen MR) is 84.9 cm³/mol. The van der Waals surface area contributed by atoms with Gasteiger partial charge in [-0.1, -0.05) is 0 Å². The summed E-state index contributed by atoms with van der Waals surface area (Å²) in [5.74, 6) is -0.778. The van der Waals surface area contributed by atoms with E-state index in [4.69, 9.17) is 4.74 Å². The molecule has 1 aromatic rings. The van der Waals surface area contributed by atoms with Crippen LogP contribution >= 0.6 is 11.8 Å². The van der Waals surface area contributed by atoms with Crippen molar-refractivity contribution in [2.24, 2.45) is 0 Å². The summed E-state index contributed by atoms with van der Waals surface area (Å²) in [6.07, 6.45) is 0. The van der Waals surface area contributed by atoms with Gasteiger partial charge in [0.05, 0.1) is 17.9 Å². The SMILES string of the molecule is COCCNCCNC(=O)CSc1ccc(C(C)=O)c(F)c1. The smallest absolute Gasteiger partial charge is 0.230 e. The first-order valence-electron chi connectivity index (χ1n) is 6.94. The largest absolute Gasteiger partial charge is 0.383 e. The molecular formula is C15H21FN2O3S. The van der Waals surface area contributed by atoms with E-state index in [2.05, 4.69) is 10.6 Å². The van der Waals surface area contributed by atoms with Gasteiger partial charge in [0, 0.05) is 31.6 Å². The number of nitrogens with one attached hydrogen (secondary N) is 2. The van der Waals surface area contributed by atoms with Crippen molar-refractivity contribution in [2.75, 3.05) is 39.1 Å². The third kappa shape index (κ3) is 7.02. The lowest BCUT2D eigenvalue weighted by Crippen LogP contribution is -2.33. The molecule has 0 unspecified atom stereocenters. The Hall–Kier alpha value is -1.44. The van der Waals surface area contributed by atoms with Crippen molar-refractivity contribution >= 4 is 23.5 Å². The van der Waals surface area contributed by atoms with E-state index in [1.165, 1.54) is 30.8 Å². The molecule has 5 nitrogen and oxygen atoms in total. The van der Waals surface area contributed by atoms with E-state index in [0.29, 0.717) is 24.6 Å². The highest BCUT2D eigenvalue weighted by Gasteiger charge is 2.09. The molecule has 7 heteroatoms. The number of ether oxygens (including phenoxy) is 1. The van der Waals surface area contributed by atoms with Crippen molar-refractivity contribution in [3.05, 3.63) is 29.6 Å². The molecule has 0 aliphatic carbocycles. The minimum Gasteiger partial charge on any atom is -0.383 e. The van der Waals surface area contributed by atoms with Crippen molar-refractivity contribution in [3.8, 4) is 0 Å². The molecule has 0 aliphatic rings. The van der Waals surface area contributed by atoms with E-state index in [1.807, 2.05) is 0 Å². The van der Waals surface area contributed by atoms with Crippen molar-refractivity contribution in [1.29, 1.82) is 0 Å². The van der Waals surface area contributed by atoms with Crippen LogP contribution in [0.15, 0.2) is 23.1 Å². The highest BCUT2D eigenvalue weighted by molar-refractivity contribution is 8.00. The minimum atomic E-state index is -0.555. The maximum Gasteiger partial charge on any atom is 0.230 e. The van der Waals surface area contributed by atoms with E-state index in [-0.39, 0.29) is 23.0 Å². The number of halogens is 1. The Morgan fingerprint density at radius 2 is 2.05 bits per heavy atom. The fourth-order valence-electron chi connectivity index (χ4n) is 1.66. The zero-order valence-corrected chi connectivity index (χ0v) is 13.6. The van der Waals surface area contributed by atoms with Crippen LogP contribution in [0.1, 0.15) is 17.3 Å². The van der Waals surface area contributed by atoms with Crippen LogP contribution in [0.5, 0.6) is 0 Å². The maximum absolute atomic E-state index is 13.6. The molecule has 122 valence electrons. The van der Waals surface area contributed by atoms with Gasteiger partial charge >= 0.3 is 0 Å². The summed E-state index contributed by atoms with van der Waals surface area (Å²) >= 11 is 1.23. The molecule has 0 radical (unpaired) electrons. The van der Waals surface area contributed by atoms with E-state index >= 15 is 0 Å². The number of carbonyl (C=O) groups excluding carboxylic acids is 2. The Morgan fingerprint density at radius 1 is 1.27 bits per heavy atom. The van der Waals surface area contributed by atoms with E-state index in [9.17, 15) is 14.0 Å². The van der Waals surface area contributed by atoms with Gasteiger partial charge in [0.15, 0.2) is 5.78 Å². The number of amides is 1. The summed E-state index contributed by atoms with van der Waals surface area (Å²) in [6.45, 7) is 3.89. The van der Waals surface area contributed by atoms with Crippen LogP contribution in [-0.2, 0) is 9.53 Å². The molecule has 22 heavy (non-hydrogen) atoms. The van der Waals surface area contributed by atoms with E-state index < -0.39 is 5.82 Å². The van der Waals surface area contributed by atoms with Crippen LogP contribution in [0.4, 0.5) is 4.39 Å². The number of carbonyl (C=O) groups is 2. The lowest BCUT2D eigenvalue weighted by molar-refractivity contribution is -0.118. The quantitative estimate of drug-likeness (QED) is 0.387. The molecule has 1 amide bonds. The molecule has 0 fully saturated rings. The number of ketones is 1. The van der Waals surface area contributed by atoms with Gasteiger partial charge in [-0.05, 0) is 25.1 Å². The molecule has 0 saturated carbocycles. The third-order valence-electron chi connectivity index (χ3n) is 2.80. The fourth-order valence-corrected chi connectivity index (χ4v) is 2.41. The number of hydrogen-bond acceptors (Lipinski definition) is 5. The molecule has 0 spiro atoms. The normalized spacial score (nSPS) is 10.5. The Bertz CT molecular complexity index is 512. The van der Waals surface area contributed by atoms with Gasteiger partial charge in [0.2, 0.25) is 5.91 Å². The van der Waals surface area contributed by atoms with Gasteiger partial charge in [0.1, 0.15) is 5.82 Å². The van der Waals surface area contributed by atoms with Gasteiger partial charge in [-0.3, -0.25) is 9.59 Å². The highest BCUT2D eigenvalue weighted by Crippen LogP contribution is 2.21. The topological polar surface area (TPSA) is 67.4 Å². The second kappa shape index (κ2) is 10.3. The van der Waals surface area contributed by atoms with E-state index in [1.54, 1.807) is 13.2 Å². The first-order valence-corrected chi connectivity index (χ1v) is 7.92. The summed E-state index contributed by atoms with van der Waals surface area (Å²) in [5.41, 5.74) is 0.0657. The van der Waals surface area contributed by atoms with Crippen molar-refractivity contribution in [3.63, 3.8) is 0 Å². The number of benzene rings is 1. The van der Waals surface area contributed by atoms with Crippen LogP contribution < -0.4 is 10.6 Å². The van der Waals surface area contributed by atoms with Gasteiger partial charge in [-0.2, -0.15) is 0 Å². The average molecular weight is 328 g/mol. The molecule has 0 aromatic heterocycles. The lowest BCUT2D eigenvalue weighted by atomic mass is 10.1. The summed E-state index contributed by atoms with van der Waals surface area (Å²) in [4.78, 5) is 23.4. The van der Waals surface area contributed by atoms with Crippen molar-refractivity contribution in [2.45, 2.75) is 11.8 Å². The zero-order valence-electron chi connectivity index (χ0n) is 12.8. The summed E-state index contributed by atoms with van der Waals surface area (Å²) in [6, 6.07) is 4.36. The molecule has 0 heterocycles. The Balaban J connectivity index is 2.26. The van der Waals surface area contributed by atoms with Crippen LogP contribution in [0.25, 0.3) is 0 Å². The van der Waals surface area contributed by atoms with Crippen LogP contribution in [-0.4, -0.2) is 50.8 Å². The Morgan fingerprint density at radius 3 is 2.68 bits per heavy atom. The Kier molecular flexibility index (Phi) is 8.72. The lowest BCUT2D eigenvalue weighted by Gasteiger charge is -2.07. The summed E-state index contributed by atoms with van der Waals surface area (Å²) in [7, 11) is 1.63. The molecule has 0 saturated heterocycles. The summed E-state index contributed by atoms with van der Waals surface area (Å²) < 4.78 is 18.5. The molecule has 1 rings (SSSR count). The van der Waals surface area contributed by atoms with Crippen molar-refractivity contribution in [1.82, 2.24) is 10.6 Å². The number of Topliss-reactive ketones (excluding diaryl/α,β-unsaturated/α-hetero) is 1. The van der Waals surface area contributed by atoms with E-state index in [0.717, 1.165) is 6.54 Å². The van der Waals surface area contributed by atoms with Crippen molar-refractivity contribution < 1.29 is 18.7 Å². The first kappa shape index (κ1) is 18.6. The van der Waals surface area contributed by atoms with Gasteiger partial charge < -0.3 is 15.4 Å². The number of methoxy groups -OCH3 is 1. The first-order chi connectivity index (χ1) is 10.5. The molecule has 0 aliphatic heterocycles. The third-order valence-corrected chi connectivity index (χ3v) is 3.79. The van der Waals surface area contributed by atoms with Gasteiger partial charge in [-0.15, -0.1) is 11.8 Å². The number of hydrogen-bond donors (Lipinski definition) is 2. The number of thioether (sulfide) groups is 1. The average Bonchev–Trinajstić information content (AvgIpc) is 2.48. The fraction of sp³-hybridized carbons (Fsp3) is 0.467. The number of rotatable bonds is 10. The molecule has 0 bridgehead atoms. The molecule has 2 N–H and O–H groups in total. The van der Waals surface area contributed by atoms with Gasteiger partial charge in [0.25, 0.3) is 0 Å². The second-order valence-corrected chi connectivity index (χ2v) is 5.63. The predicted octanol–water partition coefficient (Wildman–Crippen LogP) is 1.47. The minimum absolute atomic E-state index is 0.0657. The Labute approximate surface area is 134 Å². The van der Waals surface area contributed by atoms with Crippen LogP contribution in [0.3, 0.4) is 0 Å². The highest BCUT2D eigenvalue weighted by atomic mass is 32.2. The van der Waals surface area contributed by atoms with Gasteiger partial charge in [-0.25, -0.2) is 4.39 Å². The van der Waals surface area contributed by atoms with Crippen LogP contribution in [0, 0.1) is 5.82 Å². The molecular weight excluding hydrogens is 307 g/mol. The summed E-state index contributed by atoms with van der Waals surface area (Å²) in [5, 5.41) is 5.87. The second-order valence-electron chi connectivity index (χ2n) is 4.58.